The summed E-state index contributed by atoms with van der Waals surface area (Å²) in [5.74, 6) is 0. The molecule has 0 N–H and O–H groups in total. The van der Waals surface area contributed by atoms with Crippen LogP contribution in [-0.4, -0.2) is 39.8 Å². The predicted molar refractivity (Wildman–Crippen MR) is 68.1 cm³/mol. The maximum atomic E-state index is 5.82. The molecule has 100 valence electrons. The molecule has 0 radical (unpaired) electrons. The summed E-state index contributed by atoms with van der Waals surface area (Å²) in [6, 6.07) is 2.25. The number of piperidine rings is 1. The van der Waals surface area contributed by atoms with E-state index in [0.717, 1.165) is 25.9 Å². The molecule has 0 saturated carbocycles. The summed E-state index contributed by atoms with van der Waals surface area (Å²) in [5.41, 5.74) is -0.129. The zero-order chi connectivity index (χ0) is 13.0. The number of rotatable bonds is 3. The second kappa shape index (κ2) is 5.63. The molecular formula is C13H21N3O2. The van der Waals surface area contributed by atoms with Gasteiger partial charge in [0.05, 0.1) is 5.60 Å². The van der Waals surface area contributed by atoms with Crippen LogP contribution in [0.15, 0.2) is 18.5 Å². The average molecular weight is 251 g/mol. The van der Waals surface area contributed by atoms with E-state index in [1.807, 2.05) is 5.06 Å². The molecule has 1 saturated heterocycles. The Bertz CT molecular complexity index is 356. The van der Waals surface area contributed by atoms with Crippen molar-refractivity contribution in [3.63, 3.8) is 0 Å². The van der Waals surface area contributed by atoms with E-state index in [0.29, 0.717) is 6.01 Å². The molecule has 2 rings (SSSR count). The van der Waals surface area contributed by atoms with Crippen molar-refractivity contribution in [3.8, 4) is 6.01 Å². The molecule has 2 heterocycles. The van der Waals surface area contributed by atoms with Crippen LogP contribution in [0.3, 0.4) is 0 Å². The molecule has 0 spiro atoms. The monoisotopic (exact) mass is 251 g/mol. The normalized spacial score (nSPS) is 18.8. The molecule has 5 nitrogen and oxygen atoms in total. The van der Waals surface area contributed by atoms with Gasteiger partial charge in [-0.2, -0.15) is 5.06 Å². The summed E-state index contributed by atoms with van der Waals surface area (Å²) in [4.78, 5) is 14.0. The minimum Gasteiger partial charge on any atom is -0.460 e. The van der Waals surface area contributed by atoms with Gasteiger partial charge in [-0.05, 0) is 39.7 Å². The van der Waals surface area contributed by atoms with Crippen LogP contribution in [-0.2, 0) is 4.84 Å². The highest BCUT2D eigenvalue weighted by molar-refractivity contribution is 4.94. The van der Waals surface area contributed by atoms with Gasteiger partial charge in [-0.15, -0.1) is 0 Å². The molecule has 1 fully saturated rings. The van der Waals surface area contributed by atoms with Gasteiger partial charge >= 0.3 is 6.01 Å². The molecule has 18 heavy (non-hydrogen) atoms. The highest BCUT2D eigenvalue weighted by atomic mass is 16.7. The van der Waals surface area contributed by atoms with Gasteiger partial charge in [-0.3, -0.25) is 4.84 Å². The fourth-order valence-electron chi connectivity index (χ4n) is 1.92. The Morgan fingerprint density at radius 3 is 2.33 bits per heavy atom. The van der Waals surface area contributed by atoms with Gasteiger partial charge in [-0.1, -0.05) is 0 Å². The lowest BCUT2D eigenvalue weighted by atomic mass is 10.1. The lowest BCUT2D eigenvalue weighted by molar-refractivity contribution is -0.240. The van der Waals surface area contributed by atoms with Crippen molar-refractivity contribution in [1.29, 1.82) is 0 Å². The number of aromatic nitrogens is 2. The van der Waals surface area contributed by atoms with Crippen molar-refractivity contribution in [1.82, 2.24) is 15.0 Å². The van der Waals surface area contributed by atoms with Crippen LogP contribution >= 0.6 is 0 Å². The van der Waals surface area contributed by atoms with E-state index in [1.54, 1.807) is 18.5 Å². The second-order valence-electron chi connectivity index (χ2n) is 5.48. The minimum atomic E-state index is -0.129. The Morgan fingerprint density at radius 2 is 1.78 bits per heavy atom. The van der Waals surface area contributed by atoms with E-state index in [4.69, 9.17) is 9.57 Å². The maximum absolute atomic E-state index is 5.82. The molecule has 1 aliphatic heterocycles. The first kappa shape index (κ1) is 13.2. The van der Waals surface area contributed by atoms with E-state index in [1.165, 1.54) is 0 Å². The van der Waals surface area contributed by atoms with Crippen LogP contribution in [0.1, 0.15) is 33.6 Å². The van der Waals surface area contributed by atoms with Crippen LogP contribution in [0.2, 0.25) is 0 Å². The molecule has 0 atom stereocenters. The van der Waals surface area contributed by atoms with Gasteiger partial charge in [0.25, 0.3) is 0 Å². The molecular weight excluding hydrogens is 230 g/mol. The molecule has 0 bridgehead atoms. The molecule has 1 aromatic heterocycles. The van der Waals surface area contributed by atoms with Crippen LogP contribution in [0.4, 0.5) is 0 Å². The van der Waals surface area contributed by atoms with E-state index >= 15 is 0 Å². The first-order chi connectivity index (χ1) is 8.53. The summed E-state index contributed by atoms with van der Waals surface area (Å²) >= 11 is 0. The highest BCUT2D eigenvalue weighted by Crippen LogP contribution is 2.19. The van der Waals surface area contributed by atoms with E-state index in [2.05, 4.69) is 30.7 Å². The van der Waals surface area contributed by atoms with Crippen molar-refractivity contribution < 1.29 is 9.57 Å². The third kappa shape index (κ3) is 4.23. The Labute approximate surface area is 108 Å². The molecule has 0 aromatic carbocycles. The SMILES string of the molecule is CC(C)(C)ON1CCC(Oc2ncccn2)CC1. The zero-order valence-electron chi connectivity index (χ0n) is 11.3. The maximum Gasteiger partial charge on any atom is 0.316 e. The number of ether oxygens (including phenoxy) is 1. The molecule has 0 unspecified atom stereocenters. The van der Waals surface area contributed by atoms with Crippen molar-refractivity contribution in [2.45, 2.75) is 45.3 Å². The Balaban J connectivity index is 1.77. The Morgan fingerprint density at radius 1 is 1.17 bits per heavy atom. The van der Waals surface area contributed by atoms with Gasteiger partial charge in [0.1, 0.15) is 6.10 Å². The topological polar surface area (TPSA) is 47.5 Å². The third-order valence-electron chi connectivity index (χ3n) is 2.62. The quantitative estimate of drug-likeness (QED) is 0.822. The lowest BCUT2D eigenvalue weighted by Gasteiger charge is -2.35. The van der Waals surface area contributed by atoms with Gasteiger partial charge in [-0.25, -0.2) is 9.97 Å². The summed E-state index contributed by atoms with van der Waals surface area (Å²) in [5, 5.41) is 2.02. The molecule has 1 aliphatic rings. The Kier molecular flexibility index (Phi) is 4.14. The molecule has 5 heteroatoms. The summed E-state index contributed by atoms with van der Waals surface area (Å²) in [6.45, 7) is 7.96. The summed E-state index contributed by atoms with van der Waals surface area (Å²) in [7, 11) is 0. The van der Waals surface area contributed by atoms with Crippen LogP contribution in [0.25, 0.3) is 0 Å². The zero-order valence-corrected chi connectivity index (χ0v) is 11.3. The van der Waals surface area contributed by atoms with E-state index in [-0.39, 0.29) is 11.7 Å². The van der Waals surface area contributed by atoms with Crippen molar-refractivity contribution in [2.24, 2.45) is 0 Å². The fourth-order valence-corrected chi connectivity index (χ4v) is 1.92. The van der Waals surface area contributed by atoms with Gasteiger partial charge in [0.2, 0.25) is 0 Å². The van der Waals surface area contributed by atoms with E-state index in [9.17, 15) is 0 Å². The van der Waals surface area contributed by atoms with Crippen LogP contribution < -0.4 is 4.74 Å². The highest BCUT2D eigenvalue weighted by Gasteiger charge is 2.25. The largest absolute Gasteiger partial charge is 0.460 e. The number of hydroxylamine groups is 2. The smallest absolute Gasteiger partial charge is 0.316 e. The average Bonchev–Trinajstić information content (AvgIpc) is 2.31. The van der Waals surface area contributed by atoms with Crippen LogP contribution in [0, 0.1) is 0 Å². The first-order valence-electron chi connectivity index (χ1n) is 6.41. The standard InChI is InChI=1S/C13H21N3O2/c1-13(2,3)18-16-9-5-11(6-10-16)17-12-14-7-4-8-15-12/h4,7-8,11H,5-6,9-10H2,1-3H3. The van der Waals surface area contributed by atoms with E-state index < -0.39 is 0 Å². The number of hydrogen-bond acceptors (Lipinski definition) is 5. The minimum absolute atomic E-state index is 0.129. The summed E-state index contributed by atoms with van der Waals surface area (Å²) in [6.07, 6.45) is 5.45. The second-order valence-corrected chi connectivity index (χ2v) is 5.48. The molecule has 0 amide bonds. The molecule has 0 aliphatic carbocycles. The van der Waals surface area contributed by atoms with Gasteiger partial charge in [0, 0.05) is 25.5 Å². The summed E-state index contributed by atoms with van der Waals surface area (Å²) < 4.78 is 5.73. The fraction of sp³-hybridized carbons (Fsp3) is 0.692. The predicted octanol–water partition coefficient (Wildman–Crippen LogP) is 2.05. The van der Waals surface area contributed by atoms with Crippen LogP contribution in [0.5, 0.6) is 6.01 Å². The van der Waals surface area contributed by atoms with Gasteiger partial charge in [0.15, 0.2) is 0 Å². The number of hydrogen-bond donors (Lipinski definition) is 0. The Hall–Kier alpha value is -1.20. The van der Waals surface area contributed by atoms with Crippen molar-refractivity contribution in [3.05, 3.63) is 18.5 Å². The first-order valence-corrected chi connectivity index (χ1v) is 6.41. The third-order valence-corrected chi connectivity index (χ3v) is 2.62. The lowest BCUT2D eigenvalue weighted by Crippen LogP contribution is -2.42. The van der Waals surface area contributed by atoms with Crippen molar-refractivity contribution >= 4 is 0 Å². The van der Waals surface area contributed by atoms with Crippen molar-refractivity contribution in [2.75, 3.05) is 13.1 Å². The molecule has 1 aromatic rings. The van der Waals surface area contributed by atoms with Gasteiger partial charge < -0.3 is 4.74 Å². The number of nitrogens with zero attached hydrogens (tertiary/aromatic N) is 3.